The van der Waals surface area contributed by atoms with Gasteiger partial charge in [-0.1, -0.05) is 42.0 Å². The molecule has 0 unspecified atom stereocenters. The van der Waals surface area contributed by atoms with Crippen LogP contribution in [0.1, 0.15) is 40.6 Å². The molecule has 0 amide bonds. The first-order chi connectivity index (χ1) is 10.6. The first-order valence-electron chi connectivity index (χ1n) is 7.93. The first-order valence-corrected chi connectivity index (χ1v) is 8.31. The number of nitrogens with one attached hydrogen (secondary N) is 1. The summed E-state index contributed by atoms with van der Waals surface area (Å²) < 4.78 is 0. The minimum Gasteiger partial charge on any atom is -0.378 e. The topological polar surface area (TPSA) is 12.0 Å². The van der Waals surface area contributed by atoms with Crippen LogP contribution in [0.5, 0.6) is 0 Å². The van der Waals surface area contributed by atoms with Gasteiger partial charge in [0.25, 0.3) is 0 Å². The van der Waals surface area contributed by atoms with Gasteiger partial charge in [0, 0.05) is 16.6 Å². The summed E-state index contributed by atoms with van der Waals surface area (Å²) >= 11 is 6.05. The van der Waals surface area contributed by atoms with E-state index in [0.717, 1.165) is 11.4 Å². The minimum atomic E-state index is 0.353. The predicted octanol–water partition coefficient (Wildman–Crippen LogP) is 5.78. The van der Waals surface area contributed by atoms with Crippen molar-refractivity contribution in [2.45, 2.75) is 32.2 Å². The Labute approximate surface area is 137 Å². The summed E-state index contributed by atoms with van der Waals surface area (Å²) in [6.07, 6.45) is 5.88. The van der Waals surface area contributed by atoms with E-state index in [1.165, 1.54) is 27.9 Å². The van der Waals surface area contributed by atoms with Crippen LogP contribution in [0.2, 0.25) is 5.02 Å². The Kier molecular flexibility index (Phi) is 3.27. The van der Waals surface area contributed by atoms with E-state index >= 15 is 0 Å². The molecule has 1 aliphatic heterocycles. The monoisotopic (exact) mass is 309 g/mol. The van der Waals surface area contributed by atoms with Crippen LogP contribution in [0.15, 0.2) is 48.6 Å². The van der Waals surface area contributed by atoms with E-state index in [0.29, 0.717) is 17.9 Å². The zero-order valence-corrected chi connectivity index (χ0v) is 13.7. The van der Waals surface area contributed by atoms with Gasteiger partial charge in [0.1, 0.15) is 0 Å². The standard InChI is InChI=1S/C20H20ClN/c1-12-10-13(2)19-16-4-3-5-17(16)20(22-18(19)11-12)14-6-8-15(21)9-7-14/h3-4,6-11,16-17,20,22H,5H2,1-2H3/t16-,17+,20+/m1/s1. The van der Waals surface area contributed by atoms with Gasteiger partial charge in [-0.05, 0) is 66.6 Å². The maximum atomic E-state index is 6.05. The van der Waals surface area contributed by atoms with E-state index in [1.807, 2.05) is 12.1 Å². The summed E-state index contributed by atoms with van der Waals surface area (Å²) in [4.78, 5) is 0. The molecule has 0 saturated carbocycles. The minimum absolute atomic E-state index is 0.353. The van der Waals surface area contributed by atoms with Crippen molar-refractivity contribution in [2.24, 2.45) is 5.92 Å². The zero-order chi connectivity index (χ0) is 15.3. The van der Waals surface area contributed by atoms with Crippen molar-refractivity contribution in [3.63, 3.8) is 0 Å². The van der Waals surface area contributed by atoms with Crippen LogP contribution >= 0.6 is 11.6 Å². The Hall–Kier alpha value is -1.73. The van der Waals surface area contributed by atoms with Crippen molar-refractivity contribution in [1.82, 2.24) is 0 Å². The summed E-state index contributed by atoms with van der Waals surface area (Å²) in [5.74, 6) is 1.12. The number of hydrogen-bond donors (Lipinski definition) is 1. The van der Waals surface area contributed by atoms with Crippen LogP contribution in [-0.4, -0.2) is 0 Å². The Morgan fingerprint density at radius 1 is 1.09 bits per heavy atom. The highest BCUT2D eigenvalue weighted by Crippen LogP contribution is 2.51. The molecule has 0 fully saturated rings. The number of halogens is 1. The predicted molar refractivity (Wildman–Crippen MR) is 93.7 cm³/mol. The Morgan fingerprint density at radius 2 is 1.86 bits per heavy atom. The number of hydrogen-bond acceptors (Lipinski definition) is 1. The number of benzene rings is 2. The average molecular weight is 310 g/mol. The molecule has 4 rings (SSSR count). The molecular weight excluding hydrogens is 290 g/mol. The highest BCUT2D eigenvalue weighted by molar-refractivity contribution is 6.30. The molecule has 22 heavy (non-hydrogen) atoms. The third kappa shape index (κ3) is 2.16. The van der Waals surface area contributed by atoms with E-state index in [4.69, 9.17) is 11.6 Å². The normalized spacial score (nSPS) is 25.5. The lowest BCUT2D eigenvalue weighted by atomic mass is 9.75. The van der Waals surface area contributed by atoms with Crippen molar-refractivity contribution in [1.29, 1.82) is 0 Å². The van der Waals surface area contributed by atoms with Gasteiger partial charge in [-0.3, -0.25) is 0 Å². The molecular formula is C20H20ClN. The highest BCUT2D eigenvalue weighted by Gasteiger charge is 2.38. The van der Waals surface area contributed by atoms with Crippen LogP contribution in [0.3, 0.4) is 0 Å². The summed E-state index contributed by atoms with van der Waals surface area (Å²) in [5.41, 5.74) is 6.82. The molecule has 0 aromatic heterocycles. The van der Waals surface area contributed by atoms with Gasteiger partial charge in [-0.15, -0.1) is 0 Å². The maximum absolute atomic E-state index is 6.05. The molecule has 2 heteroatoms. The number of fused-ring (bicyclic) bond motifs is 3. The van der Waals surface area contributed by atoms with Gasteiger partial charge < -0.3 is 5.32 Å². The van der Waals surface area contributed by atoms with Crippen molar-refractivity contribution in [3.8, 4) is 0 Å². The molecule has 0 bridgehead atoms. The van der Waals surface area contributed by atoms with Crippen LogP contribution < -0.4 is 5.32 Å². The lowest BCUT2D eigenvalue weighted by molar-refractivity contribution is 0.424. The first kappa shape index (κ1) is 13.9. The third-order valence-electron chi connectivity index (χ3n) is 5.05. The second kappa shape index (κ2) is 5.17. The van der Waals surface area contributed by atoms with Crippen molar-refractivity contribution >= 4 is 17.3 Å². The van der Waals surface area contributed by atoms with E-state index in [-0.39, 0.29) is 0 Å². The van der Waals surface area contributed by atoms with Crippen molar-refractivity contribution in [2.75, 3.05) is 5.32 Å². The van der Waals surface area contributed by atoms with Gasteiger partial charge in [0.15, 0.2) is 0 Å². The molecule has 2 aromatic rings. The lowest BCUT2D eigenvalue weighted by Gasteiger charge is -2.38. The number of allylic oxidation sites excluding steroid dienone is 2. The fourth-order valence-electron chi connectivity index (χ4n) is 4.14. The van der Waals surface area contributed by atoms with Gasteiger partial charge in [0.05, 0.1) is 6.04 Å². The molecule has 0 spiro atoms. The zero-order valence-electron chi connectivity index (χ0n) is 12.9. The summed E-state index contributed by atoms with van der Waals surface area (Å²) in [6.45, 7) is 4.40. The fourth-order valence-corrected chi connectivity index (χ4v) is 4.27. The lowest BCUT2D eigenvalue weighted by Crippen LogP contribution is -2.29. The molecule has 1 aliphatic carbocycles. The molecule has 112 valence electrons. The maximum Gasteiger partial charge on any atom is 0.0553 e. The number of aryl methyl sites for hydroxylation is 2. The van der Waals surface area contributed by atoms with Crippen molar-refractivity contribution in [3.05, 3.63) is 75.8 Å². The Morgan fingerprint density at radius 3 is 2.64 bits per heavy atom. The summed E-state index contributed by atoms with van der Waals surface area (Å²) in [5, 5.41) is 4.60. The largest absolute Gasteiger partial charge is 0.378 e. The van der Waals surface area contributed by atoms with Gasteiger partial charge in [-0.2, -0.15) is 0 Å². The molecule has 2 aromatic carbocycles. The van der Waals surface area contributed by atoms with Crippen LogP contribution in [0.4, 0.5) is 5.69 Å². The Balaban J connectivity index is 1.82. The van der Waals surface area contributed by atoms with Gasteiger partial charge >= 0.3 is 0 Å². The summed E-state index contributed by atoms with van der Waals surface area (Å²) in [6, 6.07) is 13.2. The SMILES string of the molecule is Cc1cc(C)c2c(c1)N[C@@H](c1ccc(Cl)cc1)[C@H]1CC=C[C@@H]21. The fraction of sp³-hybridized carbons (Fsp3) is 0.300. The third-order valence-corrected chi connectivity index (χ3v) is 5.30. The highest BCUT2D eigenvalue weighted by atomic mass is 35.5. The van der Waals surface area contributed by atoms with E-state index < -0.39 is 0 Å². The summed E-state index contributed by atoms with van der Waals surface area (Å²) in [7, 11) is 0. The molecule has 0 saturated heterocycles. The van der Waals surface area contributed by atoms with E-state index in [2.05, 4.69) is 55.6 Å². The molecule has 1 N–H and O–H groups in total. The van der Waals surface area contributed by atoms with Crippen LogP contribution in [0, 0.1) is 19.8 Å². The molecule has 1 nitrogen and oxygen atoms in total. The molecule has 2 aliphatic rings. The second-order valence-electron chi connectivity index (χ2n) is 6.57. The average Bonchev–Trinajstić information content (AvgIpc) is 2.95. The molecule has 1 heterocycles. The van der Waals surface area contributed by atoms with Crippen LogP contribution in [0.25, 0.3) is 0 Å². The Bertz CT molecular complexity index is 745. The van der Waals surface area contributed by atoms with Crippen molar-refractivity contribution < 1.29 is 0 Å². The second-order valence-corrected chi connectivity index (χ2v) is 7.01. The smallest absolute Gasteiger partial charge is 0.0553 e. The number of anilines is 1. The quantitative estimate of drug-likeness (QED) is 0.658. The molecule has 3 atom stereocenters. The molecule has 0 radical (unpaired) electrons. The van der Waals surface area contributed by atoms with Gasteiger partial charge in [-0.25, -0.2) is 0 Å². The van der Waals surface area contributed by atoms with E-state index in [1.54, 1.807) is 0 Å². The van der Waals surface area contributed by atoms with Gasteiger partial charge in [0.2, 0.25) is 0 Å². The van der Waals surface area contributed by atoms with Crippen LogP contribution in [-0.2, 0) is 0 Å². The van der Waals surface area contributed by atoms with E-state index in [9.17, 15) is 0 Å². The number of rotatable bonds is 1.